The van der Waals surface area contributed by atoms with Crippen LogP contribution in [0.5, 0.6) is 0 Å². The van der Waals surface area contributed by atoms with Crippen LogP contribution >= 0.6 is 11.8 Å². The topological polar surface area (TPSA) is 29.3 Å². The first kappa shape index (κ1) is 15.3. The summed E-state index contributed by atoms with van der Waals surface area (Å²) < 4.78 is 0. The average molecular weight is 258 g/mol. The van der Waals surface area contributed by atoms with Crippen molar-refractivity contribution in [2.45, 2.75) is 51.0 Å². The standard InChI is InChI=1S/C14H30N2S/c1-13-6-4-8-14(12-15,9-7-13)16(2)10-5-11-17-3/h13H,4-12,15H2,1-3H3. The van der Waals surface area contributed by atoms with Crippen molar-refractivity contribution >= 4 is 11.8 Å². The maximum absolute atomic E-state index is 6.11. The molecule has 0 spiro atoms. The van der Waals surface area contributed by atoms with E-state index in [1.165, 1.54) is 50.8 Å². The lowest BCUT2D eigenvalue weighted by molar-refractivity contribution is 0.107. The van der Waals surface area contributed by atoms with E-state index in [0.717, 1.165) is 12.5 Å². The van der Waals surface area contributed by atoms with Gasteiger partial charge in [0.15, 0.2) is 0 Å². The second-order valence-electron chi connectivity index (χ2n) is 5.73. The number of hydrogen-bond donors (Lipinski definition) is 1. The SMILES string of the molecule is CSCCCN(C)C1(CN)CCCC(C)CC1. The number of likely N-dealkylation sites (N-methyl/N-ethyl adjacent to an activating group) is 1. The quantitative estimate of drug-likeness (QED) is 0.587. The molecule has 0 aliphatic heterocycles. The predicted molar refractivity (Wildman–Crippen MR) is 79.7 cm³/mol. The first-order valence-electron chi connectivity index (χ1n) is 7.05. The van der Waals surface area contributed by atoms with Crippen LogP contribution in [0.2, 0.25) is 0 Å². The Hall–Kier alpha value is 0.270. The number of nitrogens with two attached hydrogens (primary N) is 1. The third-order valence-electron chi connectivity index (χ3n) is 4.47. The summed E-state index contributed by atoms with van der Waals surface area (Å²) in [5.41, 5.74) is 6.41. The Labute approximate surface area is 112 Å². The summed E-state index contributed by atoms with van der Waals surface area (Å²) in [5.74, 6) is 2.16. The summed E-state index contributed by atoms with van der Waals surface area (Å²) in [6.45, 7) is 4.42. The highest BCUT2D eigenvalue weighted by Gasteiger charge is 2.34. The fourth-order valence-electron chi connectivity index (χ4n) is 2.99. The Kier molecular flexibility index (Phi) is 6.90. The molecule has 1 aliphatic rings. The third kappa shape index (κ3) is 4.46. The van der Waals surface area contributed by atoms with Crippen LogP contribution in [0.15, 0.2) is 0 Å². The zero-order valence-corrected chi connectivity index (χ0v) is 12.7. The maximum atomic E-state index is 6.11. The molecule has 0 aromatic rings. The molecular formula is C14H30N2S. The summed E-state index contributed by atoms with van der Waals surface area (Å²) in [7, 11) is 2.28. The highest BCUT2D eigenvalue weighted by molar-refractivity contribution is 7.98. The third-order valence-corrected chi connectivity index (χ3v) is 5.17. The zero-order valence-electron chi connectivity index (χ0n) is 11.9. The van der Waals surface area contributed by atoms with Gasteiger partial charge in [0.1, 0.15) is 0 Å². The molecule has 0 radical (unpaired) electrons. The summed E-state index contributed by atoms with van der Waals surface area (Å²) in [6.07, 6.45) is 10.2. The van der Waals surface area contributed by atoms with Gasteiger partial charge in [0.05, 0.1) is 0 Å². The Morgan fingerprint density at radius 1 is 1.35 bits per heavy atom. The van der Waals surface area contributed by atoms with Crippen LogP contribution in [0.3, 0.4) is 0 Å². The lowest BCUT2D eigenvalue weighted by Gasteiger charge is -2.41. The molecule has 17 heavy (non-hydrogen) atoms. The minimum Gasteiger partial charge on any atom is -0.329 e. The van der Waals surface area contributed by atoms with Gasteiger partial charge >= 0.3 is 0 Å². The van der Waals surface area contributed by atoms with E-state index in [1.807, 2.05) is 11.8 Å². The molecule has 1 aliphatic carbocycles. The van der Waals surface area contributed by atoms with Gasteiger partial charge < -0.3 is 5.73 Å². The van der Waals surface area contributed by atoms with Gasteiger partial charge in [-0.3, -0.25) is 4.90 Å². The van der Waals surface area contributed by atoms with Crippen LogP contribution in [-0.2, 0) is 0 Å². The van der Waals surface area contributed by atoms with E-state index < -0.39 is 0 Å². The molecule has 2 atom stereocenters. The summed E-state index contributed by atoms with van der Waals surface area (Å²) >= 11 is 1.94. The minimum atomic E-state index is 0.295. The van der Waals surface area contributed by atoms with Gasteiger partial charge in [0, 0.05) is 12.1 Å². The van der Waals surface area contributed by atoms with E-state index in [0.29, 0.717) is 5.54 Å². The van der Waals surface area contributed by atoms with E-state index in [2.05, 4.69) is 25.1 Å². The van der Waals surface area contributed by atoms with Gasteiger partial charge in [0.25, 0.3) is 0 Å². The molecule has 2 nitrogen and oxygen atoms in total. The number of rotatable bonds is 6. The van der Waals surface area contributed by atoms with Crippen molar-refractivity contribution in [1.82, 2.24) is 4.90 Å². The largest absolute Gasteiger partial charge is 0.329 e. The molecule has 1 rings (SSSR count). The summed E-state index contributed by atoms with van der Waals surface area (Å²) in [6, 6.07) is 0. The predicted octanol–water partition coefficient (Wildman–Crippen LogP) is 2.97. The van der Waals surface area contributed by atoms with E-state index in [4.69, 9.17) is 5.73 Å². The van der Waals surface area contributed by atoms with Crippen LogP contribution in [-0.4, -0.2) is 42.6 Å². The van der Waals surface area contributed by atoms with Crippen molar-refractivity contribution in [3.63, 3.8) is 0 Å². The monoisotopic (exact) mass is 258 g/mol. The Bertz CT molecular complexity index is 210. The maximum Gasteiger partial charge on any atom is 0.0328 e. The Morgan fingerprint density at radius 3 is 2.76 bits per heavy atom. The molecule has 0 aromatic carbocycles. The second-order valence-corrected chi connectivity index (χ2v) is 6.72. The number of hydrogen-bond acceptors (Lipinski definition) is 3. The van der Waals surface area contributed by atoms with Gasteiger partial charge in [-0.1, -0.05) is 19.8 Å². The van der Waals surface area contributed by atoms with Crippen LogP contribution in [0.1, 0.15) is 45.4 Å². The Morgan fingerprint density at radius 2 is 2.12 bits per heavy atom. The van der Waals surface area contributed by atoms with Gasteiger partial charge in [-0.2, -0.15) is 11.8 Å². The van der Waals surface area contributed by atoms with Crippen molar-refractivity contribution < 1.29 is 0 Å². The van der Waals surface area contributed by atoms with Crippen LogP contribution in [0, 0.1) is 5.92 Å². The second kappa shape index (κ2) is 7.65. The summed E-state index contributed by atoms with van der Waals surface area (Å²) in [4.78, 5) is 2.56. The van der Waals surface area contributed by atoms with Crippen LogP contribution in [0.4, 0.5) is 0 Å². The molecule has 0 heterocycles. The van der Waals surface area contributed by atoms with Crippen molar-refractivity contribution in [3.8, 4) is 0 Å². The molecule has 0 aromatic heterocycles. The van der Waals surface area contributed by atoms with E-state index >= 15 is 0 Å². The molecule has 3 heteroatoms. The molecule has 0 saturated heterocycles. The molecule has 2 unspecified atom stereocenters. The van der Waals surface area contributed by atoms with E-state index in [1.54, 1.807) is 0 Å². The first-order valence-corrected chi connectivity index (χ1v) is 8.44. The lowest BCUT2D eigenvalue weighted by atomic mass is 9.88. The average Bonchev–Trinajstić information content (AvgIpc) is 2.52. The molecule has 1 fully saturated rings. The molecule has 0 bridgehead atoms. The number of nitrogens with zero attached hydrogens (tertiary/aromatic N) is 1. The first-order chi connectivity index (χ1) is 8.14. The van der Waals surface area contributed by atoms with E-state index in [-0.39, 0.29) is 0 Å². The van der Waals surface area contributed by atoms with Gasteiger partial charge in [-0.25, -0.2) is 0 Å². The smallest absolute Gasteiger partial charge is 0.0328 e. The van der Waals surface area contributed by atoms with Crippen LogP contribution in [0.25, 0.3) is 0 Å². The van der Waals surface area contributed by atoms with Crippen LogP contribution < -0.4 is 5.73 Å². The van der Waals surface area contributed by atoms with Gasteiger partial charge in [-0.05, 0) is 57.2 Å². The highest BCUT2D eigenvalue weighted by Crippen LogP contribution is 2.33. The fourth-order valence-corrected chi connectivity index (χ4v) is 3.41. The van der Waals surface area contributed by atoms with Gasteiger partial charge in [0.2, 0.25) is 0 Å². The zero-order chi connectivity index (χ0) is 12.7. The van der Waals surface area contributed by atoms with Gasteiger partial charge in [-0.15, -0.1) is 0 Å². The highest BCUT2D eigenvalue weighted by atomic mass is 32.2. The fraction of sp³-hybridized carbons (Fsp3) is 1.00. The van der Waals surface area contributed by atoms with Crippen molar-refractivity contribution in [3.05, 3.63) is 0 Å². The Balaban J connectivity index is 2.53. The molecule has 2 N–H and O–H groups in total. The van der Waals surface area contributed by atoms with Crippen molar-refractivity contribution in [2.75, 3.05) is 32.1 Å². The number of thioether (sulfide) groups is 1. The van der Waals surface area contributed by atoms with E-state index in [9.17, 15) is 0 Å². The lowest BCUT2D eigenvalue weighted by Crippen LogP contribution is -2.52. The summed E-state index contributed by atoms with van der Waals surface area (Å²) in [5, 5.41) is 0. The van der Waals surface area contributed by atoms with Crippen molar-refractivity contribution in [2.24, 2.45) is 11.7 Å². The molecule has 102 valence electrons. The molecule has 1 saturated carbocycles. The van der Waals surface area contributed by atoms with Crippen molar-refractivity contribution in [1.29, 1.82) is 0 Å². The minimum absolute atomic E-state index is 0.295. The molecule has 0 amide bonds. The molecular weight excluding hydrogens is 228 g/mol. The normalized spacial score (nSPS) is 30.5.